The Bertz CT molecular complexity index is 1280. The zero-order valence-electron chi connectivity index (χ0n) is 23.3. The number of carbonyl (C=O) groups excluding carboxylic acids is 1. The Hall–Kier alpha value is -3.68. The van der Waals surface area contributed by atoms with E-state index < -0.39 is 41.3 Å². The molecule has 1 saturated carbocycles. The minimum absolute atomic E-state index is 0.0738. The Balaban J connectivity index is 0.000000616. The fourth-order valence-corrected chi connectivity index (χ4v) is 5.78. The van der Waals surface area contributed by atoms with Gasteiger partial charge in [-0.05, 0) is 75.0 Å². The Kier molecular flexibility index (Phi) is 10.6. The summed E-state index contributed by atoms with van der Waals surface area (Å²) in [4.78, 5) is 24.0. The van der Waals surface area contributed by atoms with Crippen LogP contribution in [0.15, 0.2) is 30.3 Å². The van der Waals surface area contributed by atoms with Crippen molar-refractivity contribution >= 4 is 17.7 Å². The molecule has 0 unspecified atom stereocenters. The summed E-state index contributed by atoms with van der Waals surface area (Å²) >= 11 is 0. The summed E-state index contributed by atoms with van der Waals surface area (Å²) in [6, 6.07) is 7.33. The standard InChI is InChI=1S/C26H32F3N3O3.C2HF3O2/c1-4-12-32-13-11-26(16-5-8-20(34-2)21(14-16)35-3)10-9-17(15-22(26)32)30-25(33)31-19-7-6-18(27)23(28)24(19)29;3-2(4,5)1(6)7/h5-8,14,17,22H,4,9-13,15H2,1-3H3,(H2,30,31,33);(H,6,7)/t17-,22+,26+;/m1./s1. The van der Waals surface area contributed by atoms with Crippen LogP contribution in [0, 0.1) is 17.5 Å². The largest absolute Gasteiger partial charge is 0.493 e. The van der Waals surface area contributed by atoms with Gasteiger partial charge in [-0.25, -0.2) is 22.8 Å². The summed E-state index contributed by atoms with van der Waals surface area (Å²) < 4.78 is 83.4. The molecule has 1 aliphatic heterocycles. The van der Waals surface area contributed by atoms with Gasteiger partial charge in [-0.1, -0.05) is 13.0 Å². The number of benzene rings is 2. The van der Waals surface area contributed by atoms with E-state index in [9.17, 15) is 31.1 Å². The van der Waals surface area contributed by atoms with Crippen LogP contribution in [0.5, 0.6) is 11.5 Å². The number of fused-ring (bicyclic) bond motifs is 1. The van der Waals surface area contributed by atoms with Crippen LogP contribution in [-0.2, 0) is 10.2 Å². The lowest BCUT2D eigenvalue weighted by Gasteiger charge is -2.45. The number of halogens is 6. The maximum Gasteiger partial charge on any atom is 0.490 e. The van der Waals surface area contributed by atoms with Crippen LogP contribution in [-0.4, -0.2) is 67.6 Å². The van der Waals surface area contributed by atoms with Crippen LogP contribution in [0.4, 0.5) is 36.8 Å². The monoisotopic (exact) mass is 605 g/mol. The quantitative estimate of drug-likeness (QED) is 0.271. The molecule has 2 amide bonds. The first kappa shape index (κ1) is 32.8. The lowest BCUT2D eigenvalue weighted by molar-refractivity contribution is -0.192. The van der Waals surface area contributed by atoms with Gasteiger partial charge in [0.25, 0.3) is 0 Å². The van der Waals surface area contributed by atoms with Crippen LogP contribution < -0.4 is 20.1 Å². The van der Waals surface area contributed by atoms with Crippen molar-refractivity contribution in [3.05, 3.63) is 53.3 Å². The molecule has 232 valence electrons. The molecule has 1 heterocycles. The van der Waals surface area contributed by atoms with E-state index in [0.717, 1.165) is 57.3 Å². The second-order valence-corrected chi connectivity index (χ2v) is 10.1. The van der Waals surface area contributed by atoms with Crippen molar-refractivity contribution in [3.8, 4) is 11.5 Å². The highest BCUT2D eigenvalue weighted by atomic mass is 19.4. The molecule has 42 heavy (non-hydrogen) atoms. The number of rotatable bonds is 7. The zero-order valence-corrected chi connectivity index (χ0v) is 23.3. The molecule has 0 radical (unpaired) electrons. The second-order valence-electron chi connectivity index (χ2n) is 10.1. The first-order valence-electron chi connectivity index (χ1n) is 13.2. The van der Waals surface area contributed by atoms with Crippen LogP contribution in [0.2, 0.25) is 0 Å². The van der Waals surface area contributed by atoms with E-state index in [1.807, 2.05) is 6.07 Å². The number of anilines is 1. The van der Waals surface area contributed by atoms with Crippen molar-refractivity contribution in [1.29, 1.82) is 0 Å². The number of carboxylic acid groups (broad SMARTS) is 1. The lowest BCUT2D eigenvalue weighted by atomic mass is 9.65. The van der Waals surface area contributed by atoms with Gasteiger partial charge >= 0.3 is 18.2 Å². The highest BCUT2D eigenvalue weighted by molar-refractivity contribution is 5.89. The van der Waals surface area contributed by atoms with Gasteiger partial charge in [0.05, 0.1) is 19.9 Å². The first-order chi connectivity index (χ1) is 19.8. The minimum Gasteiger partial charge on any atom is -0.493 e. The highest BCUT2D eigenvalue weighted by Crippen LogP contribution is 2.50. The molecule has 3 atom stereocenters. The SMILES string of the molecule is CCCN1CC[C@]2(c3ccc(OC)c(OC)c3)CC[C@@H](NC(=O)Nc3ccc(F)c(F)c3F)C[C@H]12.O=C(O)C(F)(F)F. The number of alkyl halides is 3. The van der Waals surface area contributed by atoms with Gasteiger partial charge in [-0.15, -0.1) is 0 Å². The molecule has 3 N–H and O–H groups in total. The molecule has 0 bridgehead atoms. The number of carboxylic acids is 1. The number of hydrogen-bond donors (Lipinski definition) is 3. The Morgan fingerprint density at radius 3 is 2.31 bits per heavy atom. The van der Waals surface area contributed by atoms with Gasteiger partial charge in [0.2, 0.25) is 0 Å². The molecule has 2 aromatic rings. The Morgan fingerprint density at radius 2 is 1.71 bits per heavy atom. The number of nitrogens with zero attached hydrogens (tertiary/aromatic N) is 1. The molecule has 2 aromatic carbocycles. The van der Waals surface area contributed by atoms with Crippen LogP contribution in [0.3, 0.4) is 0 Å². The average molecular weight is 606 g/mol. The highest BCUT2D eigenvalue weighted by Gasteiger charge is 2.51. The number of carbonyl (C=O) groups is 2. The third kappa shape index (κ3) is 7.20. The number of amides is 2. The summed E-state index contributed by atoms with van der Waals surface area (Å²) in [6.45, 7) is 4.07. The Labute approximate surface area is 239 Å². The lowest BCUT2D eigenvalue weighted by Crippen LogP contribution is -2.53. The predicted octanol–water partition coefficient (Wildman–Crippen LogP) is 5.85. The van der Waals surface area contributed by atoms with Gasteiger partial charge < -0.3 is 25.2 Å². The molecule has 2 aliphatic rings. The number of urea groups is 1. The molecule has 8 nitrogen and oxygen atoms in total. The summed E-state index contributed by atoms with van der Waals surface area (Å²) in [7, 11) is 3.25. The normalized spacial score (nSPS) is 21.9. The number of likely N-dealkylation sites (tertiary alicyclic amines) is 1. The maximum absolute atomic E-state index is 14.0. The van der Waals surface area contributed by atoms with E-state index >= 15 is 0 Å². The molecule has 2 fully saturated rings. The molecule has 14 heteroatoms. The predicted molar refractivity (Wildman–Crippen MR) is 141 cm³/mol. The first-order valence-corrected chi connectivity index (χ1v) is 13.2. The summed E-state index contributed by atoms with van der Waals surface area (Å²) in [6.07, 6.45) is -0.739. The van der Waals surface area contributed by atoms with E-state index in [2.05, 4.69) is 34.6 Å². The summed E-state index contributed by atoms with van der Waals surface area (Å²) in [5, 5.41) is 12.3. The minimum atomic E-state index is -5.08. The second kappa shape index (κ2) is 13.5. The van der Waals surface area contributed by atoms with E-state index in [1.54, 1.807) is 14.2 Å². The summed E-state index contributed by atoms with van der Waals surface area (Å²) in [5.74, 6) is -5.70. The van der Waals surface area contributed by atoms with Gasteiger partial charge in [-0.2, -0.15) is 13.2 Å². The smallest absolute Gasteiger partial charge is 0.490 e. The van der Waals surface area contributed by atoms with Crippen LogP contribution in [0.1, 0.15) is 44.6 Å². The molecule has 1 saturated heterocycles. The van der Waals surface area contributed by atoms with Crippen LogP contribution in [0.25, 0.3) is 0 Å². The third-order valence-electron chi connectivity index (χ3n) is 7.70. The van der Waals surface area contributed by atoms with E-state index in [-0.39, 0.29) is 17.5 Å². The number of aliphatic carboxylic acids is 1. The molecule has 4 rings (SSSR count). The van der Waals surface area contributed by atoms with Gasteiger partial charge in [0.1, 0.15) is 0 Å². The van der Waals surface area contributed by atoms with Gasteiger partial charge in [-0.3, -0.25) is 4.90 Å². The average Bonchev–Trinajstić information content (AvgIpc) is 3.31. The molecule has 0 aromatic heterocycles. The van der Waals surface area contributed by atoms with Gasteiger partial charge in [0.15, 0.2) is 29.0 Å². The summed E-state index contributed by atoms with van der Waals surface area (Å²) in [5.41, 5.74) is 0.728. The number of ether oxygens (including phenoxy) is 2. The molecular weight excluding hydrogens is 572 g/mol. The zero-order chi connectivity index (χ0) is 31.2. The van der Waals surface area contributed by atoms with Crippen molar-refractivity contribution in [2.45, 2.75) is 62.7 Å². The number of nitrogens with one attached hydrogen (secondary N) is 2. The Morgan fingerprint density at radius 1 is 1.05 bits per heavy atom. The van der Waals surface area contributed by atoms with Crippen molar-refractivity contribution < 1.29 is 50.5 Å². The van der Waals surface area contributed by atoms with Crippen molar-refractivity contribution in [3.63, 3.8) is 0 Å². The fourth-order valence-electron chi connectivity index (χ4n) is 5.78. The van der Waals surface area contributed by atoms with Crippen molar-refractivity contribution in [1.82, 2.24) is 10.2 Å². The molecule has 0 spiro atoms. The molecular formula is C28H33F6N3O5. The van der Waals surface area contributed by atoms with Crippen LogP contribution >= 0.6 is 0 Å². The van der Waals surface area contributed by atoms with E-state index in [1.165, 1.54) is 5.56 Å². The maximum atomic E-state index is 14.0. The topological polar surface area (TPSA) is 100 Å². The fraction of sp³-hybridized carbons (Fsp3) is 0.500. The molecule has 1 aliphatic carbocycles. The number of hydrogen-bond acceptors (Lipinski definition) is 5. The van der Waals surface area contributed by atoms with E-state index in [0.29, 0.717) is 11.5 Å². The van der Waals surface area contributed by atoms with Gasteiger partial charge in [0, 0.05) is 17.5 Å². The van der Waals surface area contributed by atoms with E-state index in [4.69, 9.17) is 19.4 Å². The van der Waals surface area contributed by atoms with Crippen molar-refractivity contribution in [2.24, 2.45) is 0 Å². The third-order valence-corrected chi connectivity index (χ3v) is 7.70. The number of methoxy groups -OCH3 is 2. The van der Waals surface area contributed by atoms with Crippen molar-refractivity contribution in [2.75, 3.05) is 32.6 Å².